The molecule has 0 bridgehead atoms. The molecule has 2 aliphatic carbocycles. The Labute approximate surface area is 96.4 Å². The number of aliphatic hydroxyl groups is 1. The van der Waals surface area contributed by atoms with Gasteiger partial charge in [-0.3, -0.25) is 0 Å². The fraction of sp³-hybridized carbons (Fsp3) is 0.846. The smallest absolute Gasteiger partial charge is 0.190 e. The molecule has 1 aliphatic heterocycles. The summed E-state index contributed by atoms with van der Waals surface area (Å²) < 4.78 is 11.4. The Balaban J connectivity index is 1.88. The molecule has 0 aromatic carbocycles. The highest BCUT2D eigenvalue weighted by Gasteiger charge is 2.49. The predicted octanol–water partition coefficient (Wildman–Crippen LogP) is 2.00. The molecule has 16 heavy (non-hydrogen) atoms. The quantitative estimate of drug-likeness (QED) is 0.640. The van der Waals surface area contributed by atoms with Crippen LogP contribution < -0.4 is 0 Å². The average molecular weight is 224 g/mol. The fourth-order valence-electron chi connectivity index (χ4n) is 3.49. The first-order chi connectivity index (χ1) is 7.73. The third-order valence-corrected chi connectivity index (χ3v) is 4.30. The highest BCUT2D eigenvalue weighted by atomic mass is 16.7. The summed E-state index contributed by atoms with van der Waals surface area (Å²) >= 11 is 0. The van der Waals surface area contributed by atoms with E-state index in [0.717, 1.165) is 32.1 Å². The lowest BCUT2D eigenvalue weighted by atomic mass is 9.80. The summed E-state index contributed by atoms with van der Waals surface area (Å²) in [6.07, 6.45) is 10.1. The van der Waals surface area contributed by atoms with Crippen LogP contribution in [-0.4, -0.2) is 29.7 Å². The van der Waals surface area contributed by atoms with Crippen LogP contribution in [0.3, 0.4) is 0 Å². The second-order valence-corrected chi connectivity index (χ2v) is 5.36. The molecule has 0 aromatic rings. The molecule has 3 rings (SSSR count). The Kier molecular flexibility index (Phi) is 2.57. The molecule has 90 valence electrons. The standard InChI is InChI=1S/C13H20O3/c14-12-6-3-5-11(12)4-1-2-7-13(10-12)15-8-9-16-13/h2,7,11,14H,1,3-6,8-10H2/b7-2-/t11-,12-/m0/s1. The minimum Gasteiger partial charge on any atom is -0.389 e. The van der Waals surface area contributed by atoms with E-state index < -0.39 is 11.4 Å². The minimum atomic E-state index is -0.627. The number of hydrogen-bond donors (Lipinski definition) is 1. The maximum Gasteiger partial charge on any atom is 0.190 e. The van der Waals surface area contributed by atoms with Crippen LogP contribution in [0.15, 0.2) is 12.2 Å². The monoisotopic (exact) mass is 224 g/mol. The van der Waals surface area contributed by atoms with Crippen molar-refractivity contribution in [1.82, 2.24) is 0 Å². The molecule has 1 heterocycles. The molecule has 3 aliphatic rings. The summed E-state index contributed by atoms with van der Waals surface area (Å²) in [5, 5.41) is 10.7. The van der Waals surface area contributed by atoms with Gasteiger partial charge in [0, 0.05) is 6.42 Å². The van der Waals surface area contributed by atoms with Crippen LogP contribution in [0, 0.1) is 5.92 Å². The van der Waals surface area contributed by atoms with Crippen molar-refractivity contribution in [3.63, 3.8) is 0 Å². The van der Waals surface area contributed by atoms with E-state index in [0.29, 0.717) is 25.6 Å². The van der Waals surface area contributed by atoms with E-state index in [2.05, 4.69) is 6.08 Å². The minimum absolute atomic E-state index is 0.433. The summed E-state index contributed by atoms with van der Waals surface area (Å²) in [6.45, 7) is 1.29. The summed E-state index contributed by atoms with van der Waals surface area (Å²) in [5.41, 5.74) is -0.560. The number of hydrogen-bond acceptors (Lipinski definition) is 3. The zero-order chi connectivity index (χ0) is 11.1. The molecular formula is C13H20O3. The van der Waals surface area contributed by atoms with Gasteiger partial charge in [-0.25, -0.2) is 0 Å². The SMILES string of the molecule is O[C@]12CCC[C@@H]1CC/C=C\C1(C2)OCCO1. The van der Waals surface area contributed by atoms with Gasteiger partial charge in [0.2, 0.25) is 0 Å². The van der Waals surface area contributed by atoms with Gasteiger partial charge >= 0.3 is 0 Å². The van der Waals surface area contributed by atoms with Gasteiger partial charge in [-0.05, 0) is 37.7 Å². The predicted molar refractivity (Wildman–Crippen MR) is 59.9 cm³/mol. The molecular weight excluding hydrogens is 204 g/mol. The van der Waals surface area contributed by atoms with Crippen LogP contribution >= 0.6 is 0 Å². The van der Waals surface area contributed by atoms with Crippen LogP contribution in [0.4, 0.5) is 0 Å². The van der Waals surface area contributed by atoms with Gasteiger partial charge in [0.05, 0.1) is 18.8 Å². The zero-order valence-corrected chi connectivity index (χ0v) is 9.65. The Morgan fingerprint density at radius 1 is 1.19 bits per heavy atom. The fourth-order valence-corrected chi connectivity index (χ4v) is 3.49. The van der Waals surface area contributed by atoms with Gasteiger partial charge < -0.3 is 14.6 Å². The first kappa shape index (κ1) is 10.8. The van der Waals surface area contributed by atoms with Crippen molar-refractivity contribution >= 4 is 0 Å². The van der Waals surface area contributed by atoms with Gasteiger partial charge in [-0.2, -0.15) is 0 Å². The van der Waals surface area contributed by atoms with E-state index in [4.69, 9.17) is 9.47 Å². The average Bonchev–Trinajstić information content (AvgIpc) is 2.80. The van der Waals surface area contributed by atoms with Gasteiger partial charge in [-0.15, -0.1) is 0 Å². The van der Waals surface area contributed by atoms with Crippen molar-refractivity contribution in [2.75, 3.05) is 13.2 Å². The topological polar surface area (TPSA) is 38.7 Å². The third kappa shape index (κ3) is 1.71. The summed E-state index contributed by atoms with van der Waals surface area (Å²) in [4.78, 5) is 0. The van der Waals surface area contributed by atoms with E-state index >= 15 is 0 Å². The molecule has 1 saturated carbocycles. The molecule has 3 nitrogen and oxygen atoms in total. The molecule has 0 radical (unpaired) electrons. The zero-order valence-electron chi connectivity index (χ0n) is 9.65. The molecule has 3 heteroatoms. The molecule has 0 unspecified atom stereocenters. The molecule has 0 amide bonds. The largest absolute Gasteiger partial charge is 0.389 e. The van der Waals surface area contributed by atoms with Crippen LogP contribution in [0.5, 0.6) is 0 Å². The van der Waals surface area contributed by atoms with Crippen molar-refractivity contribution < 1.29 is 14.6 Å². The van der Waals surface area contributed by atoms with Gasteiger partial charge in [0.15, 0.2) is 5.79 Å². The van der Waals surface area contributed by atoms with Crippen molar-refractivity contribution in [1.29, 1.82) is 0 Å². The number of rotatable bonds is 0. The lowest BCUT2D eigenvalue weighted by molar-refractivity contribution is -0.170. The van der Waals surface area contributed by atoms with E-state index in [1.54, 1.807) is 0 Å². The van der Waals surface area contributed by atoms with Crippen LogP contribution in [0.2, 0.25) is 0 Å². The Morgan fingerprint density at radius 2 is 2.00 bits per heavy atom. The van der Waals surface area contributed by atoms with Crippen molar-refractivity contribution in [3.05, 3.63) is 12.2 Å². The van der Waals surface area contributed by atoms with Crippen LogP contribution in [0.25, 0.3) is 0 Å². The summed E-state index contributed by atoms with van der Waals surface area (Å²) in [6, 6.07) is 0. The molecule has 2 atom stereocenters. The lowest BCUT2D eigenvalue weighted by Crippen LogP contribution is -2.44. The van der Waals surface area contributed by atoms with E-state index in [1.807, 2.05) is 6.08 Å². The molecule has 2 fully saturated rings. The second kappa shape index (κ2) is 3.83. The first-order valence-electron chi connectivity index (χ1n) is 6.41. The first-order valence-corrected chi connectivity index (χ1v) is 6.41. The summed E-state index contributed by atoms with van der Waals surface area (Å²) in [5.74, 6) is -0.195. The van der Waals surface area contributed by atoms with E-state index in [9.17, 15) is 5.11 Å². The lowest BCUT2D eigenvalue weighted by Gasteiger charge is -2.38. The third-order valence-electron chi connectivity index (χ3n) is 4.30. The molecule has 1 saturated heterocycles. The van der Waals surface area contributed by atoms with Gasteiger partial charge in [-0.1, -0.05) is 12.5 Å². The Hall–Kier alpha value is -0.380. The highest BCUT2D eigenvalue weighted by Crippen LogP contribution is 2.46. The van der Waals surface area contributed by atoms with E-state index in [-0.39, 0.29) is 0 Å². The molecule has 1 spiro atoms. The number of fused-ring (bicyclic) bond motifs is 1. The summed E-state index contributed by atoms with van der Waals surface area (Å²) in [7, 11) is 0. The van der Waals surface area contributed by atoms with Gasteiger partial charge in [0.1, 0.15) is 0 Å². The Bertz CT molecular complexity index is 294. The van der Waals surface area contributed by atoms with E-state index in [1.165, 1.54) is 0 Å². The number of ether oxygens (including phenoxy) is 2. The second-order valence-electron chi connectivity index (χ2n) is 5.36. The maximum absolute atomic E-state index is 10.7. The highest BCUT2D eigenvalue weighted by molar-refractivity contribution is 5.08. The number of allylic oxidation sites excluding steroid dienone is 1. The van der Waals surface area contributed by atoms with Crippen molar-refractivity contribution in [3.8, 4) is 0 Å². The van der Waals surface area contributed by atoms with Crippen LogP contribution in [-0.2, 0) is 9.47 Å². The van der Waals surface area contributed by atoms with Crippen molar-refractivity contribution in [2.45, 2.75) is 49.9 Å². The molecule has 1 N–H and O–H groups in total. The van der Waals surface area contributed by atoms with Crippen LogP contribution in [0.1, 0.15) is 38.5 Å². The maximum atomic E-state index is 10.7. The molecule has 0 aromatic heterocycles. The van der Waals surface area contributed by atoms with Gasteiger partial charge in [0.25, 0.3) is 0 Å². The Morgan fingerprint density at radius 3 is 2.81 bits per heavy atom. The van der Waals surface area contributed by atoms with Crippen molar-refractivity contribution in [2.24, 2.45) is 5.92 Å². The normalized spacial score (nSPS) is 43.9.